The summed E-state index contributed by atoms with van der Waals surface area (Å²) in [6.45, 7) is 3.84. The van der Waals surface area contributed by atoms with Crippen molar-refractivity contribution in [2.45, 2.75) is 49.6 Å². The first-order chi connectivity index (χ1) is 13.9. The van der Waals surface area contributed by atoms with Gasteiger partial charge in [-0.15, -0.1) is 0 Å². The molecule has 1 amide bonds. The molecule has 0 bridgehead atoms. The number of fused-ring (bicyclic) bond motifs is 1. The lowest BCUT2D eigenvalue weighted by Gasteiger charge is -2.37. The molecule has 1 saturated carbocycles. The second-order valence-corrected chi connectivity index (χ2v) is 10.1. The smallest absolute Gasteiger partial charge is 0.243 e. The Balaban J connectivity index is 1.39. The number of benzene rings is 2. The van der Waals surface area contributed by atoms with Crippen LogP contribution in [0.5, 0.6) is 0 Å². The number of sulfonamides is 1. The maximum absolute atomic E-state index is 13.1. The van der Waals surface area contributed by atoms with E-state index in [0.29, 0.717) is 37.1 Å². The molecular formula is C22H29N3O3S. The molecule has 2 fully saturated rings. The third-order valence-electron chi connectivity index (χ3n) is 6.26. The van der Waals surface area contributed by atoms with E-state index in [1.54, 1.807) is 12.1 Å². The molecule has 1 saturated heterocycles. The number of amides is 1. The Morgan fingerprint density at radius 3 is 2.34 bits per heavy atom. The molecule has 1 N–H and O–H groups in total. The van der Waals surface area contributed by atoms with Crippen LogP contribution in [0.2, 0.25) is 0 Å². The van der Waals surface area contributed by atoms with Crippen molar-refractivity contribution in [1.29, 1.82) is 0 Å². The van der Waals surface area contributed by atoms with Crippen molar-refractivity contribution in [3.8, 4) is 0 Å². The zero-order chi connectivity index (χ0) is 20.4. The van der Waals surface area contributed by atoms with Crippen LogP contribution in [0.3, 0.4) is 0 Å². The zero-order valence-electron chi connectivity index (χ0n) is 16.9. The van der Waals surface area contributed by atoms with Gasteiger partial charge in [-0.05, 0) is 42.7 Å². The van der Waals surface area contributed by atoms with E-state index in [-0.39, 0.29) is 11.9 Å². The molecule has 2 aromatic carbocycles. The summed E-state index contributed by atoms with van der Waals surface area (Å²) in [5.74, 6) is 0.0581. The number of carbonyl (C=O) groups excluding carboxylic acids is 1. The molecule has 0 aromatic heterocycles. The third kappa shape index (κ3) is 4.32. The van der Waals surface area contributed by atoms with Crippen LogP contribution >= 0.6 is 0 Å². The molecule has 0 spiro atoms. The zero-order valence-corrected chi connectivity index (χ0v) is 17.7. The van der Waals surface area contributed by atoms with E-state index < -0.39 is 10.0 Å². The van der Waals surface area contributed by atoms with E-state index in [2.05, 4.69) is 10.2 Å². The molecule has 1 heterocycles. The summed E-state index contributed by atoms with van der Waals surface area (Å²) in [6, 6.07) is 13.1. The van der Waals surface area contributed by atoms with Crippen molar-refractivity contribution >= 4 is 26.7 Å². The van der Waals surface area contributed by atoms with Gasteiger partial charge in [0.2, 0.25) is 15.9 Å². The Hall–Kier alpha value is -1.96. The Kier molecular flexibility index (Phi) is 5.90. The second kappa shape index (κ2) is 8.42. The monoisotopic (exact) mass is 415 g/mol. The van der Waals surface area contributed by atoms with Gasteiger partial charge < -0.3 is 5.32 Å². The summed E-state index contributed by atoms with van der Waals surface area (Å²) < 4.78 is 27.7. The number of carbonyl (C=O) groups is 1. The van der Waals surface area contributed by atoms with Crippen molar-refractivity contribution in [3.05, 3.63) is 42.5 Å². The molecule has 1 atom stereocenters. The molecule has 156 valence electrons. The van der Waals surface area contributed by atoms with Gasteiger partial charge in [-0.25, -0.2) is 8.42 Å². The predicted octanol–water partition coefficient (Wildman–Crippen LogP) is 2.59. The first-order valence-electron chi connectivity index (χ1n) is 10.5. The Labute approximate surface area is 172 Å². The summed E-state index contributed by atoms with van der Waals surface area (Å²) in [5, 5.41) is 5.09. The third-order valence-corrected chi connectivity index (χ3v) is 8.16. The quantitative estimate of drug-likeness (QED) is 0.815. The highest BCUT2D eigenvalue weighted by molar-refractivity contribution is 7.89. The Morgan fingerprint density at radius 2 is 1.66 bits per heavy atom. The second-order valence-electron chi connectivity index (χ2n) is 8.11. The van der Waals surface area contributed by atoms with Gasteiger partial charge in [0.1, 0.15) is 0 Å². The number of nitrogens with one attached hydrogen (secondary N) is 1. The molecule has 1 aliphatic heterocycles. The van der Waals surface area contributed by atoms with Crippen molar-refractivity contribution in [2.75, 3.05) is 26.2 Å². The summed E-state index contributed by atoms with van der Waals surface area (Å²) in [4.78, 5) is 14.9. The van der Waals surface area contributed by atoms with Gasteiger partial charge >= 0.3 is 0 Å². The number of rotatable bonds is 5. The molecule has 6 nitrogen and oxygen atoms in total. The molecule has 2 aromatic rings. The van der Waals surface area contributed by atoms with Crippen LogP contribution in [0.25, 0.3) is 10.8 Å². The van der Waals surface area contributed by atoms with E-state index in [0.717, 1.165) is 23.6 Å². The van der Waals surface area contributed by atoms with Gasteiger partial charge in [-0.2, -0.15) is 4.31 Å². The Bertz CT molecular complexity index is 978. The molecular weight excluding hydrogens is 386 g/mol. The molecule has 4 rings (SSSR count). The number of piperazine rings is 1. The summed E-state index contributed by atoms with van der Waals surface area (Å²) in [7, 11) is -3.54. The Morgan fingerprint density at radius 1 is 1.00 bits per heavy atom. The normalized spacial score (nSPS) is 20.7. The fourth-order valence-corrected chi connectivity index (χ4v) is 5.82. The highest BCUT2D eigenvalue weighted by Crippen LogP contribution is 2.23. The number of nitrogens with zero attached hydrogens (tertiary/aromatic N) is 2. The minimum absolute atomic E-state index is 0.0581. The molecule has 2 aliphatic rings. The SMILES string of the molecule is CC(C(=O)NC1CCCC1)N1CCN(S(=O)(=O)c2ccc3ccccc3c2)CC1. The minimum atomic E-state index is -3.54. The first-order valence-corrected chi connectivity index (χ1v) is 11.9. The highest BCUT2D eigenvalue weighted by Gasteiger charge is 2.32. The fraction of sp³-hybridized carbons (Fsp3) is 0.500. The fourth-order valence-electron chi connectivity index (χ4n) is 4.37. The topological polar surface area (TPSA) is 69.7 Å². The number of hydrogen-bond acceptors (Lipinski definition) is 4. The average Bonchev–Trinajstić information content (AvgIpc) is 3.26. The van der Waals surface area contributed by atoms with Gasteiger partial charge in [0.15, 0.2) is 0 Å². The summed E-state index contributed by atoms with van der Waals surface area (Å²) in [6.07, 6.45) is 4.50. The van der Waals surface area contributed by atoms with Crippen LogP contribution in [0.15, 0.2) is 47.4 Å². The molecule has 1 aliphatic carbocycles. The van der Waals surface area contributed by atoms with E-state index in [4.69, 9.17) is 0 Å². The number of hydrogen-bond donors (Lipinski definition) is 1. The molecule has 1 unspecified atom stereocenters. The molecule has 0 radical (unpaired) electrons. The van der Waals surface area contributed by atoms with Crippen molar-refractivity contribution < 1.29 is 13.2 Å². The van der Waals surface area contributed by atoms with E-state index in [1.165, 1.54) is 17.1 Å². The van der Waals surface area contributed by atoms with Crippen LogP contribution in [0.1, 0.15) is 32.6 Å². The summed E-state index contributed by atoms with van der Waals surface area (Å²) in [5.41, 5.74) is 0. The molecule has 29 heavy (non-hydrogen) atoms. The lowest BCUT2D eigenvalue weighted by Crippen LogP contribution is -2.55. The maximum atomic E-state index is 13.1. The standard InChI is InChI=1S/C22H29N3O3S/c1-17(22(26)23-20-8-4-5-9-20)24-12-14-25(15-13-24)29(27,28)21-11-10-18-6-2-3-7-19(18)16-21/h2-3,6-7,10-11,16-17,20H,4-5,8-9,12-15H2,1H3,(H,23,26). The van der Waals surface area contributed by atoms with E-state index in [1.807, 2.05) is 37.3 Å². The first kappa shape index (κ1) is 20.3. The van der Waals surface area contributed by atoms with Crippen LogP contribution in [0, 0.1) is 0 Å². The lowest BCUT2D eigenvalue weighted by molar-refractivity contribution is -0.127. The minimum Gasteiger partial charge on any atom is -0.352 e. The van der Waals surface area contributed by atoms with Crippen LogP contribution < -0.4 is 5.32 Å². The predicted molar refractivity (Wildman–Crippen MR) is 114 cm³/mol. The maximum Gasteiger partial charge on any atom is 0.243 e. The van der Waals surface area contributed by atoms with Gasteiger partial charge in [-0.1, -0.05) is 43.2 Å². The van der Waals surface area contributed by atoms with Crippen molar-refractivity contribution in [1.82, 2.24) is 14.5 Å². The lowest BCUT2D eigenvalue weighted by atomic mass is 10.1. The van der Waals surface area contributed by atoms with Crippen LogP contribution in [-0.4, -0.2) is 61.8 Å². The highest BCUT2D eigenvalue weighted by atomic mass is 32.2. The van der Waals surface area contributed by atoms with Gasteiger partial charge in [0.25, 0.3) is 0 Å². The van der Waals surface area contributed by atoms with Gasteiger partial charge in [0, 0.05) is 32.2 Å². The van der Waals surface area contributed by atoms with Crippen molar-refractivity contribution in [3.63, 3.8) is 0 Å². The van der Waals surface area contributed by atoms with Gasteiger partial charge in [0.05, 0.1) is 10.9 Å². The van der Waals surface area contributed by atoms with E-state index >= 15 is 0 Å². The average molecular weight is 416 g/mol. The summed E-state index contributed by atoms with van der Waals surface area (Å²) >= 11 is 0. The van der Waals surface area contributed by atoms with Gasteiger partial charge in [-0.3, -0.25) is 9.69 Å². The largest absolute Gasteiger partial charge is 0.352 e. The molecule has 7 heteroatoms. The van der Waals surface area contributed by atoms with Crippen molar-refractivity contribution in [2.24, 2.45) is 0 Å². The van der Waals surface area contributed by atoms with E-state index in [9.17, 15) is 13.2 Å². The van der Waals surface area contributed by atoms with Crippen LogP contribution in [0.4, 0.5) is 0 Å². The van der Waals surface area contributed by atoms with Crippen LogP contribution in [-0.2, 0) is 14.8 Å².